The van der Waals surface area contributed by atoms with E-state index in [1.807, 2.05) is 24.5 Å². The van der Waals surface area contributed by atoms with Gasteiger partial charge in [0, 0.05) is 38.7 Å². The number of H-pyrrole nitrogens is 1. The summed E-state index contributed by atoms with van der Waals surface area (Å²) in [6.45, 7) is 1.07. The number of amides is 1. The standard InChI is InChI=1S/C14H18N4O/c1-18(7-4-11-2-5-16-10-11)14(19)13-8-12(9-15)3-6-17-13/h2-3,5-6,8,10,16H,4,7,9,15H2,1H3. The van der Waals surface area contributed by atoms with E-state index in [0.717, 1.165) is 12.0 Å². The van der Waals surface area contributed by atoms with Gasteiger partial charge in [-0.1, -0.05) is 0 Å². The fourth-order valence-corrected chi connectivity index (χ4v) is 1.83. The van der Waals surface area contributed by atoms with Crippen LogP contribution in [-0.2, 0) is 13.0 Å². The van der Waals surface area contributed by atoms with Crippen LogP contribution in [-0.4, -0.2) is 34.4 Å². The maximum absolute atomic E-state index is 12.2. The van der Waals surface area contributed by atoms with Gasteiger partial charge in [0.25, 0.3) is 5.91 Å². The lowest BCUT2D eigenvalue weighted by Crippen LogP contribution is -2.29. The van der Waals surface area contributed by atoms with Gasteiger partial charge in [-0.05, 0) is 35.7 Å². The predicted molar refractivity (Wildman–Crippen MR) is 73.6 cm³/mol. The Bertz CT molecular complexity index is 536. The third-order valence-electron chi connectivity index (χ3n) is 3.02. The maximum atomic E-state index is 12.2. The lowest BCUT2D eigenvalue weighted by molar-refractivity contribution is 0.0791. The first-order chi connectivity index (χ1) is 9.20. The molecule has 1 amide bonds. The Morgan fingerprint density at radius 3 is 2.95 bits per heavy atom. The molecule has 0 saturated heterocycles. The molecule has 5 nitrogen and oxygen atoms in total. The van der Waals surface area contributed by atoms with Crippen molar-refractivity contribution in [2.45, 2.75) is 13.0 Å². The molecule has 0 saturated carbocycles. The van der Waals surface area contributed by atoms with E-state index < -0.39 is 0 Å². The SMILES string of the molecule is CN(CCc1cc[nH]c1)C(=O)c1cc(CN)ccn1. The van der Waals surface area contributed by atoms with Gasteiger partial charge in [0.1, 0.15) is 5.69 Å². The molecule has 19 heavy (non-hydrogen) atoms. The Kier molecular flexibility index (Phi) is 4.30. The summed E-state index contributed by atoms with van der Waals surface area (Å²) >= 11 is 0. The lowest BCUT2D eigenvalue weighted by Gasteiger charge is -2.16. The van der Waals surface area contributed by atoms with Gasteiger partial charge in [-0.3, -0.25) is 9.78 Å². The Morgan fingerprint density at radius 2 is 2.26 bits per heavy atom. The minimum absolute atomic E-state index is 0.0779. The molecular formula is C14H18N4O. The van der Waals surface area contributed by atoms with Gasteiger partial charge < -0.3 is 15.6 Å². The molecule has 0 fully saturated rings. The number of aromatic amines is 1. The Morgan fingerprint density at radius 1 is 1.42 bits per heavy atom. The monoisotopic (exact) mass is 258 g/mol. The second kappa shape index (κ2) is 6.15. The largest absolute Gasteiger partial charge is 0.367 e. The fourth-order valence-electron chi connectivity index (χ4n) is 1.83. The van der Waals surface area contributed by atoms with Crippen molar-refractivity contribution in [3.63, 3.8) is 0 Å². The summed E-state index contributed by atoms with van der Waals surface area (Å²) in [6, 6.07) is 5.57. The molecular weight excluding hydrogens is 240 g/mol. The molecule has 2 aromatic heterocycles. The molecule has 0 atom stereocenters. The zero-order valence-electron chi connectivity index (χ0n) is 11.0. The first kappa shape index (κ1) is 13.3. The average molecular weight is 258 g/mol. The van der Waals surface area contributed by atoms with Crippen molar-refractivity contribution >= 4 is 5.91 Å². The number of nitrogens with two attached hydrogens (primary N) is 1. The van der Waals surface area contributed by atoms with E-state index in [1.165, 1.54) is 5.56 Å². The van der Waals surface area contributed by atoms with Crippen molar-refractivity contribution in [1.82, 2.24) is 14.9 Å². The average Bonchev–Trinajstić information content (AvgIpc) is 2.97. The summed E-state index contributed by atoms with van der Waals surface area (Å²) in [7, 11) is 1.78. The van der Waals surface area contributed by atoms with Crippen molar-refractivity contribution in [3.8, 4) is 0 Å². The lowest BCUT2D eigenvalue weighted by atomic mass is 10.2. The minimum Gasteiger partial charge on any atom is -0.367 e. The Hall–Kier alpha value is -2.14. The summed E-state index contributed by atoms with van der Waals surface area (Å²) in [4.78, 5) is 21.0. The van der Waals surface area contributed by atoms with Gasteiger partial charge in [0.05, 0.1) is 0 Å². The number of nitrogens with zero attached hydrogens (tertiary/aromatic N) is 2. The van der Waals surface area contributed by atoms with Crippen LogP contribution in [0.3, 0.4) is 0 Å². The highest BCUT2D eigenvalue weighted by atomic mass is 16.2. The maximum Gasteiger partial charge on any atom is 0.272 e. The van der Waals surface area contributed by atoms with Gasteiger partial charge >= 0.3 is 0 Å². The number of carbonyl (C=O) groups is 1. The summed E-state index contributed by atoms with van der Waals surface area (Å²) in [5, 5.41) is 0. The molecule has 0 aromatic carbocycles. The predicted octanol–water partition coefficient (Wildman–Crippen LogP) is 1.18. The van der Waals surface area contributed by atoms with E-state index in [1.54, 1.807) is 24.2 Å². The zero-order valence-corrected chi connectivity index (χ0v) is 11.0. The summed E-state index contributed by atoms with van der Waals surface area (Å²) < 4.78 is 0. The molecule has 2 rings (SSSR count). The van der Waals surface area contributed by atoms with Crippen molar-refractivity contribution in [1.29, 1.82) is 0 Å². The van der Waals surface area contributed by atoms with Gasteiger partial charge in [-0.25, -0.2) is 0 Å². The second-order valence-electron chi connectivity index (χ2n) is 4.45. The van der Waals surface area contributed by atoms with Crippen LogP contribution >= 0.6 is 0 Å². The third-order valence-corrected chi connectivity index (χ3v) is 3.02. The minimum atomic E-state index is -0.0779. The van der Waals surface area contributed by atoms with Crippen molar-refractivity contribution < 1.29 is 4.79 Å². The molecule has 0 spiro atoms. The van der Waals surface area contributed by atoms with Crippen LogP contribution in [0.5, 0.6) is 0 Å². The number of hydrogen-bond donors (Lipinski definition) is 2. The molecule has 0 aliphatic rings. The number of rotatable bonds is 5. The first-order valence-corrected chi connectivity index (χ1v) is 6.23. The van der Waals surface area contributed by atoms with E-state index in [2.05, 4.69) is 9.97 Å². The number of hydrogen-bond acceptors (Lipinski definition) is 3. The van der Waals surface area contributed by atoms with Gasteiger partial charge in [0.15, 0.2) is 0 Å². The number of likely N-dealkylation sites (N-methyl/N-ethyl adjacent to an activating group) is 1. The fraction of sp³-hybridized carbons (Fsp3) is 0.286. The highest BCUT2D eigenvalue weighted by Crippen LogP contribution is 2.05. The normalized spacial score (nSPS) is 10.4. The van der Waals surface area contributed by atoms with Crippen LogP contribution in [0.4, 0.5) is 0 Å². The van der Waals surface area contributed by atoms with E-state index in [0.29, 0.717) is 18.8 Å². The Balaban J connectivity index is 1.97. The number of nitrogens with one attached hydrogen (secondary N) is 1. The number of carbonyl (C=O) groups excluding carboxylic acids is 1. The van der Waals surface area contributed by atoms with Crippen LogP contribution in [0.15, 0.2) is 36.8 Å². The van der Waals surface area contributed by atoms with Crippen molar-refractivity contribution in [2.24, 2.45) is 5.73 Å². The quantitative estimate of drug-likeness (QED) is 0.845. The summed E-state index contributed by atoms with van der Waals surface area (Å²) in [5.41, 5.74) is 8.10. The molecule has 0 aliphatic carbocycles. The summed E-state index contributed by atoms with van der Waals surface area (Å²) in [6.07, 6.45) is 6.26. The molecule has 2 heterocycles. The number of aromatic nitrogens is 2. The second-order valence-corrected chi connectivity index (χ2v) is 4.45. The highest BCUT2D eigenvalue weighted by molar-refractivity contribution is 5.92. The van der Waals surface area contributed by atoms with Crippen LogP contribution in [0, 0.1) is 0 Å². The first-order valence-electron chi connectivity index (χ1n) is 6.23. The third kappa shape index (κ3) is 3.42. The molecule has 0 bridgehead atoms. The topological polar surface area (TPSA) is 75.0 Å². The van der Waals surface area contributed by atoms with E-state index in [-0.39, 0.29) is 5.91 Å². The molecule has 100 valence electrons. The van der Waals surface area contributed by atoms with E-state index in [4.69, 9.17) is 5.73 Å². The van der Waals surface area contributed by atoms with Crippen LogP contribution in [0.2, 0.25) is 0 Å². The molecule has 0 aliphatic heterocycles. The zero-order chi connectivity index (χ0) is 13.7. The van der Waals surface area contributed by atoms with Crippen LogP contribution < -0.4 is 5.73 Å². The summed E-state index contributed by atoms with van der Waals surface area (Å²) in [5.74, 6) is -0.0779. The van der Waals surface area contributed by atoms with Gasteiger partial charge in [0.2, 0.25) is 0 Å². The van der Waals surface area contributed by atoms with Crippen molar-refractivity contribution in [3.05, 3.63) is 53.6 Å². The van der Waals surface area contributed by atoms with Gasteiger partial charge in [-0.2, -0.15) is 0 Å². The highest BCUT2D eigenvalue weighted by Gasteiger charge is 2.13. The van der Waals surface area contributed by atoms with Crippen LogP contribution in [0.1, 0.15) is 21.6 Å². The number of pyridine rings is 1. The Labute approximate surface area is 112 Å². The molecule has 0 unspecified atom stereocenters. The molecule has 3 N–H and O–H groups in total. The molecule has 0 radical (unpaired) electrons. The smallest absolute Gasteiger partial charge is 0.272 e. The van der Waals surface area contributed by atoms with Crippen LogP contribution in [0.25, 0.3) is 0 Å². The molecule has 5 heteroatoms. The van der Waals surface area contributed by atoms with E-state index >= 15 is 0 Å². The van der Waals surface area contributed by atoms with Crippen molar-refractivity contribution in [2.75, 3.05) is 13.6 Å². The molecule has 2 aromatic rings. The van der Waals surface area contributed by atoms with E-state index in [9.17, 15) is 4.79 Å². The van der Waals surface area contributed by atoms with Gasteiger partial charge in [-0.15, -0.1) is 0 Å².